The second-order valence-corrected chi connectivity index (χ2v) is 4.15. The van der Waals surface area contributed by atoms with E-state index in [1.165, 1.54) is 7.05 Å². The number of nitrogens with zero attached hydrogens (tertiary/aromatic N) is 1. The first-order valence-electron chi connectivity index (χ1n) is 5.91. The Morgan fingerprint density at radius 1 is 1.33 bits per heavy atom. The molecule has 0 aromatic heterocycles. The molecular weight excluding hydrogens is 232 g/mol. The second-order valence-electron chi connectivity index (χ2n) is 4.15. The first kappa shape index (κ1) is 12.4. The van der Waals surface area contributed by atoms with E-state index in [0.717, 1.165) is 16.3 Å². The SMILES string of the molecule is CCOc1ccc(N[C@@H]2CC(=O)N(C)C2=O)cc1. The Balaban J connectivity index is 2.02. The van der Waals surface area contributed by atoms with Crippen LogP contribution < -0.4 is 10.1 Å². The lowest BCUT2D eigenvalue weighted by Gasteiger charge is -2.12. The maximum absolute atomic E-state index is 11.7. The summed E-state index contributed by atoms with van der Waals surface area (Å²) in [5.41, 5.74) is 0.805. The highest BCUT2D eigenvalue weighted by atomic mass is 16.5. The Bertz CT molecular complexity index is 456. The molecule has 0 aliphatic carbocycles. The Hall–Kier alpha value is -2.04. The Morgan fingerprint density at radius 2 is 2.00 bits per heavy atom. The third-order valence-corrected chi connectivity index (χ3v) is 2.89. The van der Waals surface area contributed by atoms with Gasteiger partial charge in [0.15, 0.2) is 0 Å². The molecule has 5 heteroatoms. The number of nitrogens with one attached hydrogen (secondary N) is 1. The summed E-state index contributed by atoms with van der Waals surface area (Å²) in [4.78, 5) is 24.2. The van der Waals surface area contributed by atoms with Crippen LogP contribution in [0, 0.1) is 0 Å². The second kappa shape index (κ2) is 5.08. The van der Waals surface area contributed by atoms with Crippen LogP contribution in [0.5, 0.6) is 5.75 Å². The molecule has 1 aromatic rings. The number of carbonyl (C=O) groups excluding carboxylic acids is 2. The summed E-state index contributed by atoms with van der Waals surface area (Å²) in [6.45, 7) is 2.54. The van der Waals surface area contributed by atoms with Crippen molar-refractivity contribution in [2.45, 2.75) is 19.4 Å². The maximum Gasteiger partial charge on any atom is 0.251 e. The van der Waals surface area contributed by atoms with Crippen LogP contribution in [0.25, 0.3) is 0 Å². The predicted octanol–water partition coefficient (Wildman–Crippen LogP) is 1.25. The van der Waals surface area contributed by atoms with E-state index in [4.69, 9.17) is 4.74 Å². The lowest BCUT2D eigenvalue weighted by atomic mass is 10.2. The van der Waals surface area contributed by atoms with Gasteiger partial charge in [-0.25, -0.2) is 0 Å². The van der Waals surface area contributed by atoms with Crippen LogP contribution in [0.3, 0.4) is 0 Å². The Morgan fingerprint density at radius 3 is 2.50 bits per heavy atom. The third-order valence-electron chi connectivity index (χ3n) is 2.89. The molecule has 1 aromatic carbocycles. The lowest BCUT2D eigenvalue weighted by molar-refractivity contribution is -0.136. The van der Waals surface area contributed by atoms with Gasteiger partial charge in [0.05, 0.1) is 13.0 Å². The van der Waals surface area contributed by atoms with E-state index in [1.54, 1.807) is 0 Å². The fourth-order valence-corrected chi connectivity index (χ4v) is 1.88. The third kappa shape index (κ3) is 2.45. The first-order valence-corrected chi connectivity index (χ1v) is 5.91. The fourth-order valence-electron chi connectivity index (χ4n) is 1.88. The van der Waals surface area contributed by atoms with Gasteiger partial charge in [-0.1, -0.05) is 0 Å². The number of carbonyl (C=O) groups is 2. The number of likely N-dealkylation sites (tertiary alicyclic amines) is 1. The van der Waals surface area contributed by atoms with Crippen molar-refractivity contribution in [2.24, 2.45) is 0 Å². The summed E-state index contributed by atoms with van der Waals surface area (Å²) in [6, 6.07) is 6.87. The minimum absolute atomic E-state index is 0.150. The number of ether oxygens (including phenoxy) is 1. The number of benzene rings is 1. The van der Waals surface area contributed by atoms with Crippen LogP contribution in [0.2, 0.25) is 0 Å². The number of likely N-dealkylation sites (N-methyl/N-ethyl adjacent to an activating group) is 1. The molecule has 96 valence electrons. The van der Waals surface area contributed by atoms with Gasteiger partial charge in [0.2, 0.25) is 5.91 Å². The van der Waals surface area contributed by atoms with Crippen molar-refractivity contribution in [1.82, 2.24) is 4.90 Å². The number of amides is 2. The minimum Gasteiger partial charge on any atom is -0.494 e. The fraction of sp³-hybridized carbons (Fsp3) is 0.385. The largest absolute Gasteiger partial charge is 0.494 e. The molecule has 1 aliphatic heterocycles. The minimum atomic E-state index is -0.458. The number of anilines is 1. The van der Waals surface area contributed by atoms with Gasteiger partial charge in [-0.15, -0.1) is 0 Å². The number of rotatable bonds is 4. The van der Waals surface area contributed by atoms with Gasteiger partial charge in [-0.05, 0) is 31.2 Å². The van der Waals surface area contributed by atoms with E-state index in [1.807, 2.05) is 31.2 Å². The van der Waals surface area contributed by atoms with E-state index >= 15 is 0 Å². The van der Waals surface area contributed by atoms with Crippen LogP contribution in [-0.2, 0) is 9.59 Å². The van der Waals surface area contributed by atoms with Crippen LogP contribution in [0.1, 0.15) is 13.3 Å². The molecule has 0 bridgehead atoms. The average molecular weight is 248 g/mol. The molecule has 2 amide bonds. The molecule has 1 N–H and O–H groups in total. The van der Waals surface area contributed by atoms with Gasteiger partial charge in [0.1, 0.15) is 11.8 Å². The van der Waals surface area contributed by atoms with Crippen molar-refractivity contribution in [2.75, 3.05) is 19.0 Å². The van der Waals surface area contributed by atoms with Gasteiger partial charge in [-0.2, -0.15) is 0 Å². The van der Waals surface area contributed by atoms with E-state index in [9.17, 15) is 9.59 Å². The Kier molecular flexibility index (Phi) is 3.50. The summed E-state index contributed by atoms with van der Waals surface area (Å²) in [7, 11) is 1.50. The molecule has 0 spiro atoms. The van der Waals surface area contributed by atoms with Gasteiger partial charge in [0, 0.05) is 12.7 Å². The van der Waals surface area contributed by atoms with E-state index in [0.29, 0.717) is 6.61 Å². The smallest absolute Gasteiger partial charge is 0.251 e. The highest BCUT2D eigenvalue weighted by Crippen LogP contribution is 2.20. The molecule has 1 heterocycles. The molecule has 18 heavy (non-hydrogen) atoms. The Labute approximate surface area is 106 Å². The molecule has 1 fully saturated rings. The van der Waals surface area contributed by atoms with E-state index in [-0.39, 0.29) is 18.2 Å². The quantitative estimate of drug-likeness (QED) is 0.815. The van der Waals surface area contributed by atoms with Gasteiger partial charge in [0.25, 0.3) is 5.91 Å². The van der Waals surface area contributed by atoms with Crippen molar-refractivity contribution in [3.8, 4) is 5.75 Å². The summed E-state index contributed by atoms with van der Waals surface area (Å²) in [5.74, 6) is 0.450. The van der Waals surface area contributed by atoms with E-state index < -0.39 is 6.04 Å². The number of hydrogen-bond donors (Lipinski definition) is 1. The van der Waals surface area contributed by atoms with Crippen LogP contribution >= 0.6 is 0 Å². The zero-order chi connectivity index (χ0) is 13.1. The maximum atomic E-state index is 11.7. The van der Waals surface area contributed by atoms with Crippen LogP contribution in [0.15, 0.2) is 24.3 Å². The van der Waals surface area contributed by atoms with Crippen molar-refractivity contribution in [3.05, 3.63) is 24.3 Å². The van der Waals surface area contributed by atoms with Gasteiger partial charge in [-0.3, -0.25) is 14.5 Å². The predicted molar refractivity (Wildman–Crippen MR) is 67.4 cm³/mol. The summed E-state index contributed by atoms with van der Waals surface area (Å²) < 4.78 is 5.33. The van der Waals surface area contributed by atoms with Gasteiger partial charge >= 0.3 is 0 Å². The monoisotopic (exact) mass is 248 g/mol. The molecular formula is C13H16N2O3. The number of imide groups is 1. The molecule has 1 atom stereocenters. The van der Waals surface area contributed by atoms with Crippen molar-refractivity contribution in [1.29, 1.82) is 0 Å². The topological polar surface area (TPSA) is 58.6 Å². The van der Waals surface area contributed by atoms with E-state index in [2.05, 4.69) is 5.32 Å². The first-order chi connectivity index (χ1) is 8.61. The van der Waals surface area contributed by atoms with Crippen LogP contribution in [0.4, 0.5) is 5.69 Å². The highest BCUT2D eigenvalue weighted by molar-refractivity contribution is 6.06. The van der Waals surface area contributed by atoms with Crippen molar-refractivity contribution in [3.63, 3.8) is 0 Å². The van der Waals surface area contributed by atoms with Crippen molar-refractivity contribution < 1.29 is 14.3 Å². The average Bonchev–Trinajstić information content (AvgIpc) is 2.60. The van der Waals surface area contributed by atoms with Gasteiger partial charge < -0.3 is 10.1 Å². The van der Waals surface area contributed by atoms with Crippen molar-refractivity contribution >= 4 is 17.5 Å². The standard InChI is InChI=1S/C13H16N2O3/c1-3-18-10-6-4-9(5-7-10)14-11-8-12(16)15(2)13(11)17/h4-7,11,14H,3,8H2,1-2H3/t11-/m1/s1. The zero-order valence-corrected chi connectivity index (χ0v) is 10.5. The zero-order valence-electron chi connectivity index (χ0n) is 10.5. The molecule has 0 unspecified atom stereocenters. The summed E-state index contributed by atoms with van der Waals surface area (Å²) in [5, 5.41) is 3.05. The summed E-state index contributed by atoms with van der Waals surface area (Å²) >= 11 is 0. The highest BCUT2D eigenvalue weighted by Gasteiger charge is 2.35. The lowest BCUT2D eigenvalue weighted by Crippen LogP contribution is -2.31. The molecule has 1 saturated heterocycles. The molecule has 0 saturated carbocycles. The molecule has 5 nitrogen and oxygen atoms in total. The number of hydrogen-bond acceptors (Lipinski definition) is 4. The molecule has 2 rings (SSSR count). The summed E-state index contributed by atoms with van der Waals surface area (Å²) in [6.07, 6.45) is 0.211. The normalized spacial score (nSPS) is 19.2. The van der Waals surface area contributed by atoms with Crippen LogP contribution in [-0.4, -0.2) is 36.4 Å². The molecule has 1 aliphatic rings. The molecule has 0 radical (unpaired) electrons.